The van der Waals surface area contributed by atoms with Crippen molar-refractivity contribution < 1.29 is 19.1 Å². The minimum Gasteiger partial charge on any atom is -0.390 e. The van der Waals surface area contributed by atoms with Gasteiger partial charge in [-0.15, -0.1) is 11.6 Å². The van der Waals surface area contributed by atoms with Gasteiger partial charge in [0, 0.05) is 5.69 Å². The summed E-state index contributed by atoms with van der Waals surface area (Å²) in [5.74, 6) is -1.55. The Balaban J connectivity index is 1.85. The molecule has 1 aliphatic rings. The van der Waals surface area contributed by atoms with Crippen molar-refractivity contribution in [2.24, 2.45) is 0 Å². The van der Waals surface area contributed by atoms with Gasteiger partial charge in [0.15, 0.2) is 5.38 Å². The number of alkyl halides is 1. The molecular weight excluding hydrogens is 330 g/mol. The third-order valence-electron chi connectivity index (χ3n) is 3.37. The number of rotatable bonds is 4. The second kappa shape index (κ2) is 6.76. The number of nitrogens with one attached hydrogen (secondary N) is 1. The summed E-state index contributed by atoms with van der Waals surface area (Å²) in [5.41, 5.74) is 2.28. The van der Waals surface area contributed by atoms with Crippen molar-refractivity contribution in [1.82, 2.24) is 0 Å². The molecule has 0 aromatic heterocycles. The normalized spacial score (nSPS) is 16.8. The van der Waals surface area contributed by atoms with Gasteiger partial charge in [0.05, 0.1) is 5.56 Å². The minimum atomic E-state index is -1.07. The topological polar surface area (TPSA) is 64.6 Å². The van der Waals surface area contributed by atoms with E-state index in [9.17, 15) is 9.59 Å². The molecular formula is C18H14ClNO4. The Kier molecular flexibility index (Phi) is 4.53. The summed E-state index contributed by atoms with van der Waals surface area (Å²) in [4.78, 5) is 23.9. The number of esters is 2. The van der Waals surface area contributed by atoms with Gasteiger partial charge in [-0.3, -0.25) is 0 Å². The molecule has 1 atom stereocenters. The Hall–Kier alpha value is -2.79. The number of carbonyl (C=O) groups excluding carboxylic acids is 2. The van der Waals surface area contributed by atoms with Crippen LogP contribution in [0.2, 0.25) is 0 Å². The Labute approximate surface area is 143 Å². The summed E-state index contributed by atoms with van der Waals surface area (Å²) in [6.07, 6.45) is 0. The molecule has 1 unspecified atom stereocenters. The molecule has 3 rings (SSSR count). The monoisotopic (exact) mass is 343 g/mol. The van der Waals surface area contributed by atoms with Crippen LogP contribution in [0.25, 0.3) is 0 Å². The maximum atomic E-state index is 12.1. The fourth-order valence-electron chi connectivity index (χ4n) is 2.21. The summed E-state index contributed by atoms with van der Waals surface area (Å²) in [6.45, 7) is 1.93. The zero-order valence-corrected chi connectivity index (χ0v) is 13.5. The standard InChI is InChI=1S/C18H14ClNO4/c1-11-6-5-9-13(10-11)20-15-14(19)17(22)24-18(15)23-16(21)12-7-3-2-4-8-12/h2-10,14,20H,1H3. The van der Waals surface area contributed by atoms with Gasteiger partial charge in [-0.05, 0) is 36.8 Å². The zero-order valence-electron chi connectivity index (χ0n) is 12.8. The van der Waals surface area contributed by atoms with E-state index in [4.69, 9.17) is 21.1 Å². The molecule has 24 heavy (non-hydrogen) atoms. The van der Waals surface area contributed by atoms with Crippen LogP contribution in [0.15, 0.2) is 66.2 Å². The third kappa shape index (κ3) is 3.41. The predicted molar refractivity (Wildman–Crippen MR) is 89.4 cm³/mol. The van der Waals surface area contributed by atoms with Crippen LogP contribution in [0.1, 0.15) is 15.9 Å². The van der Waals surface area contributed by atoms with Gasteiger partial charge < -0.3 is 14.8 Å². The molecule has 2 aromatic rings. The lowest BCUT2D eigenvalue weighted by Crippen LogP contribution is -2.15. The van der Waals surface area contributed by atoms with Crippen molar-refractivity contribution in [2.75, 3.05) is 5.32 Å². The van der Waals surface area contributed by atoms with E-state index in [0.29, 0.717) is 11.3 Å². The predicted octanol–water partition coefficient (Wildman–Crippen LogP) is 3.60. The fraction of sp³-hybridized carbons (Fsp3) is 0.111. The summed E-state index contributed by atoms with van der Waals surface area (Å²) in [7, 11) is 0. The second-order valence-electron chi connectivity index (χ2n) is 5.23. The number of hydrogen-bond acceptors (Lipinski definition) is 5. The Bertz CT molecular complexity index is 817. The van der Waals surface area contributed by atoms with Crippen molar-refractivity contribution in [3.05, 3.63) is 77.4 Å². The molecule has 0 amide bonds. The zero-order chi connectivity index (χ0) is 17.1. The van der Waals surface area contributed by atoms with Crippen molar-refractivity contribution in [2.45, 2.75) is 12.3 Å². The lowest BCUT2D eigenvalue weighted by atomic mass is 10.2. The molecule has 0 spiro atoms. The van der Waals surface area contributed by atoms with Crippen LogP contribution >= 0.6 is 11.6 Å². The molecule has 1 N–H and O–H groups in total. The van der Waals surface area contributed by atoms with Crippen LogP contribution in [0, 0.1) is 6.92 Å². The van der Waals surface area contributed by atoms with Gasteiger partial charge >= 0.3 is 17.9 Å². The molecule has 0 saturated heterocycles. The lowest BCUT2D eigenvalue weighted by Gasteiger charge is -2.10. The molecule has 5 nitrogen and oxygen atoms in total. The Morgan fingerprint density at radius 2 is 1.92 bits per heavy atom. The van der Waals surface area contributed by atoms with Crippen molar-refractivity contribution in [3.8, 4) is 0 Å². The van der Waals surface area contributed by atoms with E-state index in [1.165, 1.54) is 0 Å². The average molecular weight is 344 g/mol. The van der Waals surface area contributed by atoms with E-state index in [2.05, 4.69) is 5.32 Å². The minimum absolute atomic E-state index is 0.205. The van der Waals surface area contributed by atoms with Gasteiger partial charge in [-0.25, -0.2) is 9.59 Å². The highest BCUT2D eigenvalue weighted by atomic mass is 35.5. The lowest BCUT2D eigenvalue weighted by molar-refractivity contribution is -0.139. The van der Waals surface area contributed by atoms with Crippen molar-refractivity contribution in [1.29, 1.82) is 0 Å². The van der Waals surface area contributed by atoms with Gasteiger partial charge in [-0.2, -0.15) is 0 Å². The number of ether oxygens (including phenoxy) is 2. The third-order valence-corrected chi connectivity index (χ3v) is 3.76. The van der Waals surface area contributed by atoms with E-state index in [0.717, 1.165) is 5.56 Å². The summed E-state index contributed by atoms with van der Waals surface area (Å²) in [5, 5.41) is 1.93. The van der Waals surface area contributed by atoms with Gasteiger partial charge in [0.25, 0.3) is 0 Å². The quantitative estimate of drug-likeness (QED) is 0.678. The number of aryl methyl sites for hydroxylation is 1. The second-order valence-corrected chi connectivity index (χ2v) is 5.67. The summed E-state index contributed by atoms with van der Waals surface area (Å²) in [6, 6.07) is 15.9. The first kappa shape index (κ1) is 16.1. The molecule has 0 aliphatic carbocycles. The van der Waals surface area contributed by atoms with E-state index in [-0.39, 0.29) is 11.6 Å². The molecule has 0 bridgehead atoms. The Morgan fingerprint density at radius 1 is 1.17 bits per heavy atom. The van der Waals surface area contributed by atoms with E-state index in [1.807, 2.05) is 31.2 Å². The van der Waals surface area contributed by atoms with Crippen LogP contribution in [0.4, 0.5) is 5.69 Å². The SMILES string of the molecule is Cc1cccc(NC2=C(OC(=O)c3ccccc3)OC(=O)C2Cl)c1. The maximum absolute atomic E-state index is 12.1. The van der Waals surface area contributed by atoms with Gasteiger partial charge in [0.1, 0.15) is 5.70 Å². The molecule has 2 aromatic carbocycles. The number of benzene rings is 2. The van der Waals surface area contributed by atoms with Gasteiger partial charge in [-0.1, -0.05) is 30.3 Å². The van der Waals surface area contributed by atoms with Crippen LogP contribution in [-0.2, 0) is 14.3 Å². The highest BCUT2D eigenvalue weighted by Gasteiger charge is 2.37. The maximum Gasteiger partial charge on any atom is 0.345 e. The van der Waals surface area contributed by atoms with Gasteiger partial charge in [0.2, 0.25) is 0 Å². The number of hydrogen-bond donors (Lipinski definition) is 1. The Morgan fingerprint density at radius 3 is 2.62 bits per heavy atom. The summed E-state index contributed by atoms with van der Waals surface area (Å²) < 4.78 is 10.2. The first-order chi connectivity index (χ1) is 11.5. The fourth-order valence-corrected chi connectivity index (χ4v) is 2.39. The molecule has 1 aliphatic heterocycles. The highest BCUT2D eigenvalue weighted by molar-refractivity contribution is 6.33. The first-order valence-corrected chi connectivity index (χ1v) is 7.69. The number of carbonyl (C=O) groups is 2. The number of halogens is 1. The smallest absolute Gasteiger partial charge is 0.345 e. The van der Waals surface area contributed by atoms with Crippen molar-refractivity contribution in [3.63, 3.8) is 0 Å². The average Bonchev–Trinajstić information content (AvgIpc) is 2.83. The number of cyclic esters (lactones) is 1. The van der Waals surface area contributed by atoms with E-state index >= 15 is 0 Å². The van der Waals surface area contributed by atoms with Crippen LogP contribution in [-0.4, -0.2) is 17.3 Å². The van der Waals surface area contributed by atoms with Crippen LogP contribution < -0.4 is 5.32 Å². The molecule has 1 heterocycles. The molecule has 0 saturated carbocycles. The largest absolute Gasteiger partial charge is 0.390 e. The number of anilines is 1. The van der Waals surface area contributed by atoms with E-state index in [1.54, 1.807) is 30.3 Å². The molecule has 122 valence electrons. The molecule has 6 heteroatoms. The van der Waals surface area contributed by atoms with Crippen LogP contribution in [0.5, 0.6) is 0 Å². The summed E-state index contributed by atoms with van der Waals surface area (Å²) >= 11 is 6.06. The molecule has 0 fully saturated rings. The van der Waals surface area contributed by atoms with Crippen molar-refractivity contribution >= 4 is 29.2 Å². The van der Waals surface area contributed by atoms with Crippen LogP contribution in [0.3, 0.4) is 0 Å². The van der Waals surface area contributed by atoms with E-state index < -0.39 is 17.3 Å². The highest BCUT2D eigenvalue weighted by Crippen LogP contribution is 2.28. The molecule has 0 radical (unpaired) electrons. The first-order valence-electron chi connectivity index (χ1n) is 7.25.